The molecule has 0 atom stereocenters. The minimum Gasteiger partial charge on any atom is -0.325 e. The second kappa shape index (κ2) is 8.80. The van der Waals surface area contributed by atoms with Gasteiger partial charge in [-0.2, -0.15) is 0 Å². The highest BCUT2D eigenvalue weighted by Gasteiger charge is 2.12. The minimum atomic E-state index is -0.148. The number of nitrogens with two attached hydrogens (primary N) is 1. The average Bonchev–Trinajstić information content (AvgIpc) is 2.54. The van der Waals surface area contributed by atoms with Gasteiger partial charge in [-0.05, 0) is 30.5 Å². The zero-order chi connectivity index (χ0) is 14.9. The van der Waals surface area contributed by atoms with Gasteiger partial charge < -0.3 is 16.4 Å². The van der Waals surface area contributed by atoms with Gasteiger partial charge >= 0.3 is 0 Å². The van der Waals surface area contributed by atoms with Gasteiger partial charge in [0.1, 0.15) is 0 Å². The Morgan fingerprint density at radius 2 is 1.95 bits per heavy atom. The predicted octanol–water partition coefficient (Wildman–Crippen LogP) is 2.64. The normalized spacial score (nSPS) is 15.9. The molecule has 0 radical (unpaired) electrons. The predicted molar refractivity (Wildman–Crippen MR) is 87.0 cm³/mol. The molecule has 4 nitrogen and oxygen atoms in total. The monoisotopic (exact) mass is 289 g/mol. The fourth-order valence-electron chi connectivity index (χ4n) is 3.00. The van der Waals surface area contributed by atoms with Gasteiger partial charge in [0.25, 0.3) is 0 Å². The first-order chi connectivity index (χ1) is 10.3. The van der Waals surface area contributed by atoms with Crippen LogP contribution in [0.15, 0.2) is 24.3 Å². The van der Waals surface area contributed by atoms with Gasteiger partial charge in [0.2, 0.25) is 5.91 Å². The Labute approximate surface area is 127 Å². The number of nitrogens with one attached hydrogen (secondary N) is 2. The Bertz CT molecular complexity index is 441. The summed E-state index contributed by atoms with van der Waals surface area (Å²) in [7, 11) is 0. The van der Waals surface area contributed by atoms with Crippen LogP contribution in [0.25, 0.3) is 0 Å². The smallest absolute Gasteiger partial charge is 0.238 e. The molecule has 2 rings (SSSR count). The van der Waals surface area contributed by atoms with Crippen LogP contribution in [0.4, 0.5) is 5.69 Å². The van der Waals surface area contributed by atoms with Gasteiger partial charge in [-0.1, -0.05) is 50.3 Å². The van der Waals surface area contributed by atoms with Gasteiger partial charge in [-0.25, -0.2) is 0 Å². The van der Waals surface area contributed by atoms with E-state index in [1.807, 2.05) is 24.3 Å². The fourth-order valence-corrected chi connectivity index (χ4v) is 3.00. The van der Waals surface area contributed by atoms with Crippen molar-refractivity contribution in [3.05, 3.63) is 29.8 Å². The summed E-state index contributed by atoms with van der Waals surface area (Å²) in [6.45, 7) is 1.85. The molecule has 0 aromatic heterocycles. The molecule has 4 heteroatoms. The maximum absolute atomic E-state index is 11.4. The van der Waals surface area contributed by atoms with Gasteiger partial charge in [0, 0.05) is 12.2 Å². The lowest BCUT2D eigenvalue weighted by molar-refractivity contribution is -0.114. The topological polar surface area (TPSA) is 67.2 Å². The number of carbonyl (C=O) groups excluding carboxylic acids is 1. The zero-order valence-corrected chi connectivity index (χ0v) is 12.7. The largest absolute Gasteiger partial charge is 0.325 e. The molecule has 0 unspecified atom stereocenters. The third-order valence-corrected chi connectivity index (χ3v) is 4.25. The summed E-state index contributed by atoms with van der Waals surface area (Å²) >= 11 is 0. The van der Waals surface area contributed by atoms with Crippen LogP contribution in [0.1, 0.15) is 44.1 Å². The second-order valence-electron chi connectivity index (χ2n) is 5.88. The number of para-hydroxylation sites is 1. The molecule has 1 aliphatic carbocycles. The first kappa shape index (κ1) is 16.0. The van der Waals surface area contributed by atoms with E-state index in [9.17, 15) is 4.79 Å². The van der Waals surface area contributed by atoms with Crippen molar-refractivity contribution in [3.8, 4) is 0 Å². The van der Waals surface area contributed by atoms with Crippen molar-refractivity contribution >= 4 is 11.6 Å². The molecule has 0 saturated heterocycles. The van der Waals surface area contributed by atoms with E-state index in [0.29, 0.717) is 0 Å². The number of amides is 1. The highest BCUT2D eigenvalue weighted by Crippen LogP contribution is 2.25. The lowest BCUT2D eigenvalue weighted by Gasteiger charge is -2.21. The van der Waals surface area contributed by atoms with Gasteiger partial charge in [0.15, 0.2) is 0 Å². The Morgan fingerprint density at radius 3 is 2.71 bits per heavy atom. The van der Waals surface area contributed by atoms with E-state index in [0.717, 1.165) is 30.3 Å². The molecule has 116 valence electrons. The minimum absolute atomic E-state index is 0.0173. The van der Waals surface area contributed by atoms with E-state index >= 15 is 0 Å². The Kier molecular flexibility index (Phi) is 6.70. The molecule has 0 spiro atoms. The van der Waals surface area contributed by atoms with Gasteiger partial charge in [0.05, 0.1) is 6.54 Å². The third-order valence-electron chi connectivity index (χ3n) is 4.25. The van der Waals surface area contributed by atoms with Crippen molar-refractivity contribution in [2.45, 2.75) is 45.1 Å². The highest BCUT2D eigenvalue weighted by molar-refractivity contribution is 5.92. The molecule has 1 aliphatic rings. The Hall–Kier alpha value is -1.39. The number of hydrogen-bond acceptors (Lipinski definition) is 3. The summed E-state index contributed by atoms with van der Waals surface area (Å²) in [6, 6.07) is 7.89. The van der Waals surface area contributed by atoms with Crippen LogP contribution >= 0.6 is 0 Å². The van der Waals surface area contributed by atoms with E-state index < -0.39 is 0 Å². The van der Waals surface area contributed by atoms with E-state index in [1.165, 1.54) is 38.5 Å². The van der Waals surface area contributed by atoms with Gasteiger partial charge in [-0.3, -0.25) is 4.79 Å². The first-order valence-electron chi connectivity index (χ1n) is 8.08. The SMILES string of the molecule is NCC(=O)Nc1ccccc1CNCCC1CCCCC1. The molecule has 1 aromatic carbocycles. The molecular formula is C17H27N3O. The molecule has 1 amide bonds. The summed E-state index contributed by atoms with van der Waals surface area (Å²) in [5.74, 6) is 0.753. The lowest BCUT2D eigenvalue weighted by atomic mass is 9.87. The van der Waals surface area contributed by atoms with Crippen LogP contribution in [0.3, 0.4) is 0 Å². The summed E-state index contributed by atoms with van der Waals surface area (Å²) in [5, 5.41) is 6.34. The summed E-state index contributed by atoms with van der Waals surface area (Å²) < 4.78 is 0. The number of carbonyl (C=O) groups is 1. The quantitative estimate of drug-likeness (QED) is 0.676. The van der Waals surface area contributed by atoms with Crippen molar-refractivity contribution in [1.29, 1.82) is 0 Å². The van der Waals surface area contributed by atoms with Crippen LogP contribution < -0.4 is 16.4 Å². The van der Waals surface area contributed by atoms with Crippen molar-refractivity contribution < 1.29 is 4.79 Å². The van der Waals surface area contributed by atoms with Crippen molar-refractivity contribution in [1.82, 2.24) is 5.32 Å². The van der Waals surface area contributed by atoms with E-state index in [1.54, 1.807) is 0 Å². The Morgan fingerprint density at radius 1 is 1.19 bits per heavy atom. The molecule has 4 N–H and O–H groups in total. The summed E-state index contributed by atoms with van der Waals surface area (Å²) in [4.78, 5) is 11.4. The average molecular weight is 289 g/mol. The molecule has 0 bridgehead atoms. The molecule has 0 aliphatic heterocycles. The first-order valence-corrected chi connectivity index (χ1v) is 8.08. The molecule has 21 heavy (non-hydrogen) atoms. The lowest BCUT2D eigenvalue weighted by Crippen LogP contribution is -2.24. The van der Waals surface area contributed by atoms with E-state index in [4.69, 9.17) is 5.73 Å². The van der Waals surface area contributed by atoms with Crippen LogP contribution in [-0.4, -0.2) is 19.0 Å². The van der Waals surface area contributed by atoms with Crippen molar-refractivity contribution in [2.75, 3.05) is 18.4 Å². The molecule has 1 fully saturated rings. The summed E-state index contributed by atoms with van der Waals surface area (Å²) in [5.41, 5.74) is 7.32. The maximum Gasteiger partial charge on any atom is 0.238 e. The third kappa shape index (κ3) is 5.48. The van der Waals surface area contributed by atoms with E-state index in [2.05, 4.69) is 10.6 Å². The second-order valence-corrected chi connectivity index (χ2v) is 5.88. The fraction of sp³-hybridized carbons (Fsp3) is 0.588. The number of anilines is 1. The standard InChI is InChI=1S/C17H27N3O/c18-12-17(21)20-16-9-5-4-8-15(16)13-19-11-10-14-6-2-1-3-7-14/h4-5,8-9,14,19H,1-3,6-7,10-13,18H2,(H,20,21). The Balaban J connectivity index is 1.75. The van der Waals surface area contributed by atoms with Crippen LogP contribution in [0, 0.1) is 5.92 Å². The summed E-state index contributed by atoms with van der Waals surface area (Å²) in [6.07, 6.45) is 8.27. The number of rotatable bonds is 7. The maximum atomic E-state index is 11.4. The van der Waals surface area contributed by atoms with Crippen LogP contribution in [0.5, 0.6) is 0 Å². The van der Waals surface area contributed by atoms with E-state index in [-0.39, 0.29) is 12.5 Å². The number of benzene rings is 1. The molecular weight excluding hydrogens is 262 g/mol. The molecule has 1 saturated carbocycles. The molecule has 0 heterocycles. The van der Waals surface area contributed by atoms with Crippen molar-refractivity contribution in [3.63, 3.8) is 0 Å². The molecule has 1 aromatic rings. The van der Waals surface area contributed by atoms with Crippen LogP contribution in [0.2, 0.25) is 0 Å². The number of hydrogen-bond donors (Lipinski definition) is 3. The zero-order valence-electron chi connectivity index (χ0n) is 12.7. The van der Waals surface area contributed by atoms with Gasteiger partial charge in [-0.15, -0.1) is 0 Å². The highest BCUT2D eigenvalue weighted by atomic mass is 16.1. The van der Waals surface area contributed by atoms with Crippen LogP contribution in [-0.2, 0) is 11.3 Å². The van der Waals surface area contributed by atoms with Crippen molar-refractivity contribution in [2.24, 2.45) is 11.7 Å².